The van der Waals surface area contributed by atoms with E-state index in [0.717, 1.165) is 16.7 Å². The number of nitrogens with zero attached hydrogens (tertiary/aromatic N) is 1. The van der Waals surface area contributed by atoms with E-state index in [0.29, 0.717) is 18.5 Å². The summed E-state index contributed by atoms with van der Waals surface area (Å²) < 4.78 is 5.22. The van der Waals surface area contributed by atoms with Gasteiger partial charge in [0.05, 0.1) is 12.8 Å². The van der Waals surface area contributed by atoms with Crippen molar-refractivity contribution in [1.29, 1.82) is 0 Å². The Morgan fingerprint density at radius 1 is 1.67 bits per heavy atom. The summed E-state index contributed by atoms with van der Waals surface area (Å²) in [5.74, 6) is 2.70. The van der Waals surface area contributed by atoms with Crippen LogP contribution in [-0.4, -0.2) is 17.0 Å². The molecule has 15 heavy (non-hydrogen) atoms. The molecule has 0 saturated carbocycles. The fraction of sp³-hybridized carbons (Fsp3) is 0.545. The molecular weight excluding hydrogens is 208 g/mol. The quantitative estimate of drug-likeness (QED) is 0.857. The van der Waals surface area contributed by atoms with Crippen LogP contribution in [0.5, 0.6) is 0 Å². The molecule has 0 bridgehead atoms. The molecule has 1 fully saturated rings. The summed E-state index contributed by atoms with van der Waals surface area (Å²) in [6.07, 6.45) is 1.68. The summed E-state index contributed by atoms with van der Waals surface area (Å²) in [4.78, 5) is 4.47. The predicted octanol–water partition coefficient (Wildman–Crippen LogP) is 2.50. The van der Waals surface area contributed by atoms with Crippen LogP contribution in [0.25, 0.3) is 0 Å². The lowest BCUT2D eigenvalue weighted by atomic mass is 10.1. The maximum atomic E-state index is 5.22. The molecular formula is C11H16N2OS. The van der Waals surface area contributed by atoms with Crippen LogP contribution in [0, 0.1) is 5.92 Å². The SMILES string of the molecule is CC(C)[C@H]1CSC(=NCc2ccco2)N1. The third-order valence-corrected chi connectivity index (χ3v) is 3.52. The van der Waals surface area contributed by atoms with E-state index in [-0.39, 0.29) is 0 Å². The Morgan fingerprint density at radius 2 is 2.53 bits per heavy atom. The van der Waals surface area contributed by atoms with Crippen molar-refractivity contribution in [1.82, 2.24) is 5.32 Å². The van der Waals surface area contributed by atoms with Gasteiger partial charge in [-0.2, -0.15) is 0 Å². The molecule has 1 atom stereocenters. The first-order valence-electron chi connectivity index (χ1n) is 5.22. The van der Waals surface area contributed by atoms with E-state index in [9.17, 15) is 0 Å². The first-order chi connectivity index (χ1) is 7.25. The lowest BCUT2D eigenvalue weighted by molar-refractivity contribution is 0.499. The second-order valence-corrected chi connectivity index (χ2v) is 5.02. The standard InChI is InChI=1S/C11H16N2OS/c1-8(2)10-7-15-11(13-10)12-6-9-4-3-5-14-9/h3-5,8,10H,6-7H2,1-2H3,(H,12,13)/t10-/m1/s1. The average Bonchev–Trinajstić information content (AvgIpc) is 2.86. The van der Waals surface area contributed by atoms with Crippen LogP contribution >= 0.6 is 11.8 Å². The van der Waals surface area contributed by atoms with Crippen molar-refractivity contribution in [3.63, 3.8) is 0 Å². The van der Waals surface area contributed by atoms with Gasteiger partial charge in [-0.15, -0.1) is 0 Å². The monoisotopic (exact) mass is 224 g/mol. The van der Waals surface area contributed by atoms with Crippen molar-refractivity contribution in [3.8, 4) is 0 Å². The molecule has 1 aliphatic rings. The van der Waals surface area contributed by atoms with Gasteiger partial charge in [0.25, 0.3) is 0 Å². The lowest BCUT2D eigenvalue weighted by Gasteiger charge is -2.12. The van der Waals surface area contributed by atoms with Crippen LogP contribution in [0.1, 0.15) is 19.6 Å². The molecule has 1 aromatic heterocycles. The van der Waals surface area contributed by atoms with E-state index in [1.54, 1.807) is 18.0 Å². The highest BCUT2D eigenvalue weighted by Crippen LogP contribution is 2.19. The molecule has 0 aliphatic carbocycles. The molecule has 0 spiro atoms. The minimum absolute atomic E-state index is 0.561. The number of aliphatic imine (C=N–C) groups is 1. The van der Waals surface area contributed by atoms with Crippen molar-refractivity contribution in [2.75, 3.05) is 5.75 Å². The molecule has 1 aromatic rings. The molecule has 2 rings (SSSR count). The maximum absolute atomic E-state index is 5.22. The summed E-state index contributed by atoms with van der Waals surface area (Å²) in [5, 5.41) is 4.47. The third-order valence-electron chi connectivity index (χ3n) is 2.47. The Bertz CT molecular complexity index is 332. The average molecular weight is 224 g/mol. The highest BCUT2D eigenvalue weighted by Gasteiger charge is 2.22. The molecule has 0 aromatic carbocycles. The number of furan rings is 1. The second-order valence-electron chi connectivity index (χ2n) is 4.01. The highest BCUT2D eigenvalue weighted by atomic mass is 32.2. The summed E-state index contributed by atoms with van der Waals surface area (Å²) in [7, 11) is 0. The van der Waals surface area contributed by atoms with Gasteiger partial charge in [-0.1, -0.05) is 25.6 Å². The van der Waals surface area contributed by atoms with Gasteiger partial charge >= 0.3 is 0 Å². The van der Waals surface area contributed by atoms with Gasteiger partial charge in [0, 0.05) is 11.8 Å². The number of nitrogens with one attached hydrogen (secondary N) is 1. The first-order valence-corrected chi connectivity index (χ1v) is 6.20. The number of thioether (sulfide) groups is 1. The minimum atomic E-state index is 0.561. The highest BCUT2D eigenvalue weighted by molar-refractivity contribution is 8.14. The Hall–Kier alpha value is -0.900. The number of hydrogen-bond donors (Lipinski definition) is 1. The Balaban J connectivity index is 1.88. The van der Waals surface area contributed by atoms with Crippen LogP contribution < -0.4 is 5.32 Å². The molecule has 3 nitrogen and oxygen atoms in total. The molecule has 4 heteroatoms. The van der Waals surface area contributed by atoms with E-state index in [1.807, 2.05) is 12.1 Å². The fourth-order valence-corrected chi connectivity index (χ4v) is 2.61. The van der Waals surface area contributed by atoms with E-state index in [1.165, 1.54) is 0 Å². The van der Waals surface area contributed by atoms with Crippen molar-refractivity contribution in [3.05, 3.63) is 24.2 Å². The smallest absolute Gasteiger partial charge is 0.157 e. The van der Waals surface area contributed by atoms with Crippen LogP contribution in [0.2, 0.25) is 0 Å². The predicted molar refractivity (Wildman–Crippen MR) is 64.1 cm³/mol. The second kappa shape index (κ2) is 4.75. The zero-order valence-electron chi connectivity index (χ0n) is 9.06. The van der Waals surface area contributed by atoms with E-state index < -0.39 is 0 Å². The Morgan fingerprint density at radius 3 is 3.13 bits per heavy atom. The number of rotatable bonds is 3. The minimum Gasteiger partial charge on any atom is -0.467 e. The third kappa shape index (κ3) is 2.78. The van der Waals surface area contributed by atoms with Gasteiger partial charge < -0.3 is 9.73 Å². The van der Waals surface area contributed by atoms with Crippen LogP contribution in [0.4, 0.5) is 0 Å². The van der Waals surface area contributed by atoms with E-state index in [2.05, 4.69) is 24.2 Å². The molecule has 1 saturated heterocycles. The van der Waals surface area contributed by atoms with Crippen molar-refractivity contribution >= 4 is 16.9 Å². The maximum Gasteiger partial charge on any atom is 0.157 e. The zero-order valence-corrected chi connectivity index (χ0v) is 9.88. The fourth-order valence-electron chi connectivity index (χ4n) is 1.41. The number of hydrogen-bond acceptors (Lipinski definition) is 3. The summed E-state index contributed by atoms with van der Waals surface area (Å²) in [6.45, 7) is 5.09. The van der Waals surface area contributed by atoms with Crippen LogP contribution in [0.15, 0.2) is 27.8 Å². The molecule has 0 radical (unpaired) electrons. The van der Waals surface area contributed by atoms with Crippen LogP contribution in [0.3, 0.4) is 0 Å². The Labute approximate surface area is 94.3 Å². The lowest BCUT2D eigenvalue weighted by Crippen LogP contribution is -2.31. The Kier molecular flexibility index (Phi) is 3.36. The van der Waals surface area contributed by atoms with Gasteiger partial charge in [-0.3, -0.25) is 4.99 Å². The van der Waals surface area contributed by atoms with Gasteiger partial charge in [0.2, 0.25) is 0 Å². The normalized spacial score (nSPS) is 23.7. The molecule has 82 valence electrons. The summed E-state index contributed by atoms with van der Waals surface area (Å²) in [6, 6.07) is 4.40. The molecule has 1 aliphatic heterocycles. The topological polar surface area (TPSA) is 37.5 Å². The van der Waals surface area contributed by atoms with Crippen molar-refractivity contribution < 1.29 is 4.42 Å². The molecule has 1 N–H and O–H groups in total. The first kappa shape index (κ1) is 10.6. The largest absolute Gasteiger partial charge is 0.467 e. The van der Waals surface area contributed by atoms with Crippen molar-refractivity contribution in [2.45, 2.75) is 26.4 Å². The summed E-state index contributed by atoms with van der Waals surface area (Å²) in [5.41, 5.74) is 0. The van der Waals surface area contributed by atoms with Crippen LogP contribution in [-0.2, 0) is 6.54 Å². The zero-order chi connectivity index (χ0) is 10.7. The van der Waals surface area contributed by atoms with Crippen molar-refractivity contribution in [2.24, 2.45) is 10.9 Å². The van der Waals surface area contributed by atoms with E-state index >= 15 is 0 Å². The van der Waals surface area contributed by atoms with Gasteiger partial charge in [-0.05, 0) is 18.1 Å². The number of amidine groups is 1. The van der Waals surface area contributed by atoms with Gasteiger partial charge in [0.15, 0.2) is 5.17 Å². The van der Waals surface area contributed by atoms with Gasteiger partial charge in [0.1, 0.15) is 5.76 Å². The molecule has 0 amide bonds. The molecule has 0 unspecified atom stereocenters. The molecule has 2 heterocycles. The summed E-state index contributed by atoms with van der Waals surface area (Å²) >= 11 is 1.80. The van der Waals surface area contributed by atoms with E-state index in [4.69, 9.17) is 4.42 Å². The van der Waals surface area contributed by atoms with Gasteiger partial charge in [-0.25, -0.2) is 0 Å².